The Labute approximate surface area is 140 Å². The molecule has 1 aliphatic rings. The van der Waals surface area contributed by atoms with Gasteiger partial charge in [-0.3, -0.25) is 0 Å². The first-order valence-electron chi connectivity index (χ1n) is 7.70. The molecule has 2 N–H and O–H groups in total. The molecule has 1 unspecified atom stereocenters. The summed E-state index contributed by atoms with van der Waals surface area (Å²) in [5.74, 6) is 1.96. The average Bonchev–Trinajstić information content (AvgIpc) is 2.89. The van der Waals surface area contributed by atoms with Crippen LogP contribution in [0.15, 0.2) is 30.5 Å². The number of sulfone groups is 1. The first-order chi connectivity index (χ1) is 11.5. The topological polar surface area (TPSA) is 106 Å². The van der Waals surface area contributed by atoms with Gasteiger partial charge in [-0.15, -0.1) is 5.10 Å². The molecular formula is C15H19N5O3S. The third-order valence-corrected chi connectivity index (χ3v) is 5.33. The lowest BCUT2D eigenvalue weighted by Crippen LogP contribution is -2.21. The molecule has 0 saturated carbocycles. The highest BCUT2D eigenvalue weighted by atomic mass is 32.2. The first-order valence-corrected chi connectivity index (χ1v) is 9.53. The molecule has 1 saturated heterocycles. The molecule has 1 aromatic heterocycles. The summed E-state index contributed by atoms with van der Waals surface area (Å²) in [6, 6.07) is 7.29. The van der Waals surface area contributed by atoms with Gasteiger partial charge in [-0.1, -0.05) is 0 Å². The van der Waals surface area contributed by atoms with Gasteiger partial charge in [0.1, 0.15) is 5.75 Å². The molecule has 0 amide bonds. The van der Waals surface area contributed by atoms with E-state index in [9.17, 15) is 8.42 Å². The standard InChI is InChI=1S/C15H19N5O3S/c1-2-23-13-5-3-11(4-6-13)18-15-19-14(9-16-20-15)17-12-7-8-24(21,22)10-12/h3-6,9,12H,2,7-8,10H2,1H3,(H2,17,18,19,20). The summed E-state index contributed by atoms with van der Waals surface area (Å²) in [5.41, 5.74) is 0.806. The molecule has 3 rings (SSSR count). The van der Waals surface area contributed by atoms with Crippen LogP contribution in [-0.4, -0.2) is 47.8 Å². The molecule has 9 heteroatoms. The lowest BCUT2D eigenvalue weighted by atomic mass is 10.3. The monoisotopic (exact) mass is 349 g/mol. The second-order valence-corrected chi connectivity index (χ2v) is 7.72. The van der Waals surface area contributed by atoms with Crippen molar-refractivity contribution in [1.29, 1.82) is 0 Å². The lowest BCUT2D eigenvalue weighted by molar-refractivity contribution is 0.340. The van der Waals surface area contributed by atoms with Crippen molar-refractivity contribution in [3.8, 4) is 5.75 Å². The molecule has 1 aromatic carbocycles. The van der Waals surface area contributed by atoms with Gasteiger partial charge in [0.05, 0.1) is 24.3 Å². The van der Waals surface area contributed by atoms with Crippen molar-refractivity contribution in [1.82, 2.24) is 15.2 Å². The van der Waals surface area contributed by atoms with E-state index in [1.807, 2.05) is 31.2 Å². The van der Waals surface area contributed by atoms with E-state index in [1.165, 1.54) is 6.20 Å². The summed E-state index contributed by atoms with van der Waals surface area (Å²) >= 11 is 0. The Balaban J connectivity index is 1.64. The van der Waals surface area contributed by atoms with Crippen LogP contribution in [0.1, 0.15) is 13.3 Å². The zero-order valence-electron chi connectivity index (χ0n) is 13.3. The second-order valence-electron chi connectivity index (χ2n) is 5.49. The molecule has 0 spiro atoms. The van der Waals surface area contributed by atoms with E-state index in [1.54, 1.807) is 0 Å². The van der Waals surface area contributed by atoms with Crippen molar-refractivity contribution in [2.24, 2.45) is 0 Å². The van der Waals surface area contributed by atoms with E-state index in [0.29, 0.717) is 24.8 Å². The number of anilines is 3. The van der Waals surface area contributed by atoms with Gasteiger partial charge in [-0.2, -0.15) is 10.1 Å². The van der Waals surface area contributed by atoms with Gasteiger partial charge < -0.3 is 15.4 Å². The minimum atomic E-state index is -2.94. The van der Waals surface area contributed by atoms with Gasteiger partial charge in [0.25, 0.3) is 0 Å². The number of hydrogen-bond acceptors (Lipinski definition) is 8. The molecule has 1 aliphatic heterocycles. The van der Waals surface area contributed by atoms with Gasteiger partial charge in [0.2, 0.25) is 5.95 Å². The van der Waals surface area contributed by atoms with Gasteiger partial charge in [-0.25, -0.2) is 8.42 Å². The minimum absolute atomic E-state index is 0.124. The predicted octanol–water partition coefficient (Wildman–Crippen LogP) is 1.61. The maximum Gasteiger partial charge on any atom is 0.249 e. The Hall–Kier alpha value is -2.42. The quantitative estimate of drug-likeness (QED) is 0.810. The molecule has 1 atom stereocenters. The zero-order valence-corrected chi connectivity index (χ0v) is 14.1. The molecule has 0 aliphatic carbocycles. The number of ether oxygens (including phenoxy) is 1. The number of nitrogens with one attached hydrogen (secondary N) is 2. The predicted molar refractivity (Wildman–Crippen MR) is 91.4 cm³/mol. The highest BCUT2D eigenvalue weighted by molar-refractivity contribution is 7.91. The number of nitrogens with zero attached hydrogens (tertiary/aromatic N) is 3. The highest BCUT2D eigenvalue weighted by Crippen LogP contribution is 2.19. The van der Waals surface area contributed by atoms with Crippen LogP contribution >= 0.6 is 0 Å². The number of benzene rings is 1. The number of hydrogen-bond donors (Lipinski definition) is 2. The van der Waals surface area contributed by atoms with Gasteiger partial charge in [0.15, 0.2) is 15.7 Å². The van der Waals surface area contributed by atoms with Crippen LogP contribution < -0.4 is 15.4 Å². The van der Waals surface area contributed by atoms with Crippen molar-refractivity contribution in [3.63, 3.8) is 0 Å². The van der Waals surface area contributed by atoms with Crippen LogP contribution in [0.2, 0.25) is 0 Å². The summed E-state index contributed by atoms with van der Waals surface area (Å²) in [4.78, 5) is 4.32. The third kappa shape index (κ3) is 4.31. The van der Waals surface area contributed by atoms with E-state index >= 15 is 0 Å². The Morgan fingerprint density at radius 3 is 2.75 bits per heavy atom. The van der Waals surface area contributed by atoms with Crippen LogP contribution in [0.25, 0.3) is 0 Å². The fourth-order valence-corrected chi connectivity index (χ4v) is 4.15. The molecule has 128 valence electrons. The number of aromatic nitrogens is 3. The van der Waals surface area contributed by atoms with Crippen LogP contribution in [0.3, 0.4) is 0 Å². The molecule has 0 bridgehead atoms. The van der Waals surface area contributed by atoms with E-state index in [0.717, 1.165) is 11.4 Å². The van der Waals surface area contributed by atoms with E-state index < -0.39 is 9.84 Å². The first kappa shape index (κ1) is 16.4. The maximum atomic E-state index is 11.5. The zero-order chi connectivity index (χ0) is 17.0. The van der Waals surface area contributed by atoms with Crippen LogP contribution in [0, 0.1) is 0 Å². The molecule has 2 heterocycles. The molecule has 24 heavy (non-hydrogen) atoms. The molecular weight excluding hydrogens is 330 g/mol. The van der Waals surface area contributed by atoms with Gasteiger partial charge in [0, 0.05) is 11.7 Å². The fraction of sp³-hybridized carbons (Fsp3) is 0.400. The SMILES string of the molecule is CCOc1ccc(Nc2nncc(NC3CCS(=O)(=O)C3)n2)cc1. The number of rotatable bonds is 6. The van der Waals surface area contributed by atoms with Crippen molar-refractivity contribution < 1.29 is 13.2 Å². The summed E-state index contributed by atoms with van der Waals surface area (Å²) in [7, 11) is -2.94. The molecule has 2 aromatic rings. The highest BCUT2D eigenvalue weighted by Gasteiger charge is 2.28. The summed E-state index contributed by atoms with van der Waals surface area (Å²) < 4.78 is 28.4. The Bertz CT molecular complexity index is 795. The van der Waals surface area contributed by atoms with Crippen LogP contribution in [0.4, 0.5) is 17.5 Å². The lowest BCUT2D eigenvalue weighted by Gasteiger charge is -2.12. The minimum Gasteiger partial charge on any atom is -0.494 e. The van der Waals surface area contributed by atoms with E-state index in [4.69, 9.17) is 4.74 Å². The average molecular weight is 349 g/mol. The third-order valence-electron chi connectivity index (χ3n) is 3.56. The molecule has 8 nitrogen and oxygen atoms in total. The van der Waals surface area contributed by atoms with Crippen molar-refractivity contribution >= 4 is 27.3 Å². The van der Waals surface area contributed by atoms with E-state index in [-0.39, 0.29) is 17.5 Å². The summed E-state index contributed by atoms with van der Waals surface area (Å²) in [5, 5.41) is 14.0. The van der Waals surface area contributed by atoms with Crippen LogP contribution in [0.5, 0.6) is 5.75 Å². The van der Waals surface area contributed by atoms with Crippen LogP contribution in [-0.2, 0) is 9.84 Å². The molecule has 1 fully saturated rings. The van der Waals surface area contributed by atoms with Gasteiger partial charge in [-0.05, 0) is 37.6 Å². The maximum absolute atomic E-state index is 11.5. The molecule has 0 radical (unpaired) electrons. The summed E-state index contributed by atoms with van der Waals surface area (Å²) in [6.45, 7) is 2.55. The Morgan fingerprint density at radius 2 is 2.08 bits per heavy atom. The van der Waals surface area contributed by atoms with Gasteiger partial charge >= 0.3 is 0 Å². The van der Waals surface area contributed by atoms with Crippen molar-refractivity contribution in [2.75, 3.05) is 28.7 Å². The second kappa shape index (κ2) is 7.00. The van der Waals surface area contributed by atoms with E-state index in [2.05, 4.69) is 25.8 Å². The van der Waals surface area contributed by atoms with Crippen molar-refractivity contribution in [2.45, 2.75) is 19.4 Å². The Kier molecular flexibility index (Phi) is 4.79. The normalized spacial score (nSPS) is 19.0. The summed E-state index contributed by atoms with van der Waals surface area (Å²) in [6.07, 6.45) is 2.06. The Morgan fingerprint density at radius 1 is 1.29 bits per heavy atom. The van der Waals surface area contributed by atoms with Crippen molar-refractivity contribution in [3.05, 3.63) is 30.5 Å². The largest absolute Gasteiger partial charge is 0.494 e. The smallest absolute Gasteiger partial charge is 0.249 e. The fourth-order valence-electron chi connectivity index (χ4n) is 2.47.